The van der Waals surface area contributed by atoms with Crippen molar-refractivity contribution < 1.29 is 18.0 Å². The molecule has 1 fully saturated rings. The lowest BCUT2D eigenvalue weighted by atomic mass is 9.81. The number of benzene rings is 1. The van der Waals surface area contributed by atoms with Crippen LogP contribution in [-0.2, 0) is 11.2 Å². The topological polar surface area (TPSA) is 20.3 Å². The SMILES string of the molecule is O=C([C@H]1CCCc2ccccc21)N(CC(F)(F)F)C1CCC1. The van der Waals surface area contributed by atoms with Crippen LogP contribution < -0.4 is 0 Å². The van der Waals surface area contributed by atoms with Crippen LogP contribution in [0.5, 0.6) is 0 Å². The van der Waals surface area contributed by atoms with Crippen LogP contribution in [0.1, 0.15) is 49.1 Å². The van der Waals surface area contributed by atoms with Crippen molar-refractivity contribution in [2.45, 2.75) is 56.7 Å². The summed E-state index contributed by atoms with van der Waals surface area (Å²) >= 11 is 0. The van der Waals surface area contributed by atoms with Crippen molar-refractivity contribution in [3.05, 3.63) is 35.4 Å². The summed E-state index contributed by atoms with van der Waals surface area (Å²) in [5.74, 6) is -0.748. The third-order valence-corrected chi connectivity index (χ3v) is 4.82. The van der Waals surface area contributed by atoms with Crippen molar-refractivity contribution in [1.82, 2.24) is 4.90 Å². The molecule has 1 amide bonds. The number of rotatable bonds is 3. The van der Waals surface area contributed by atoms with Gasteiger partial charge < -0.3 is 4.90 Å². The van der Waals surface area contributed by atoms with Gasteiger partial charge in [-0.25, -0.2) is 0 Å². The molecule has 2 aliphatic carbocycles. The summed E-state index contributed by atoms with van der Waals surface area (Å²) in [5.41, 5.74) is 2.03. The molecular formula is C17H20F3NO. The highest BCUT2D eigenvalue weighted by atomic mass is 19.4. The third-order valence-electron chi connectivity index (χ3n) is 4.82. The average molecular weight is 311 g/mol. The molecule has 1 aromatic rings. The fourth-order valence-electron chi connectivity index (χ4n) is 3.49. The average Bonchev–Trinajstić information content (AvgIpc) is 2.42. The monoisotopic (exact) mass is 311 g/mol. The Morgan fingerprint density at radius 2 is 1.86 bits per heavy atom. The Labute approximate surface area is 128 Å². The molecule has 1 aromatic carbocycles. The zero-order valence-corrected chi connectivity index (χ0v) is 12.4. The number of carbonyl (C=O) groups excluding carboxylic acids is 1. The number of nitrogens with zero attached hydrogens (tertiary/aromatic N) is 1. The Balaban J connectivity index is 1.84. The highest BCUT2D eigenvalue weighted by Gasteiger charge is 2.41. The van der Waals surface area contributed by atoms with Crippen molar-refractivity contribution in [1.29, 1.82) is 0 Å². The zero-order valence-electron chi connectivity index (χ0n) is 12.4. The first kappa shape index (κ1) is 15.4. The summed E-state index contributed by atoms with van der Waals surface area (Å²) in [7, 11) is 0. The van der Waals surface area contributed by atoms with E-state index >= 15 is 0 Å². The molecule has 0 aromatic heterocycles. The fourth-order valence-corrected chi connectivity index (χ4v) is 3.49. The van der Waals surface area contributed by atoms with Gasteiger partial charge in [-0.2, -0.15) is 13.2 Å². The zero-order chi connectivity index (χ0) is 15.7. The molecule has 3 rings (SSSR count). The first-order chi connectivity index (χ1) is 10.5. The number of hydrogen-bond donors (Lipinski definition) is 0. The van der Waals surface area contributed by atoms with E-state index in [0.29, 0.717) is 19.3 Å². The molecule has 1 atom stereocenters. The molecule has 0 N–H and O–H groups in total. The molecule has 0 radical (unpaired) electrons. The van der Waals surface area contributed by atoms with Gasteiger partial charge in [0.25, 0.3) is 0 Å². The van der Waals surface area contributed by atoms with E-state index in [-0.39, 0.29) is 11.9 Å². The largest absolute Gasteiger partial charge is 0.406 e. The molecule has 22 heavy (non-hydrogen) atoms. The van der Waals surface area contributed by atoms with Gasteiger partial charge in [0.1, 0.15) is 6.54 Å². The molecule has 0 spiro atoms. The second-order valence-electron chi connectivity index (χ2n) is 6.31. The minimum Gasteiger partial charge on any atom is -0.330 e. The molecule has 0 saturated heterocycles. The lowest BCUT2D eigenvalue weighted by Crippen LogP contribution is -2.50. The Morgan fingerprint density at radius 1 is 1.14 bits per heavy atom. The predicted octanol–water partition coefficient (Wildman–Crippen LogP) is 4.05. The molecule has 1 saturated carbocycles. The number of amides is 1. The standard InChI is InChI=1S/C17H20F3NO/c18-17(19,20)11-21(13-7-4-8-13)16(22)15-10-3-6-12-5-1-2-9-14(12)15/h1-2,5,9,13,15H,3-4,6-8,10-11H2/t15-/m0/s1. The lowest BCUT2D eigenvalue weighted by Gasteiger charge is -2.40. The quantitative estimate of drug-likeness (QED) is 0.824. The van der Waals surface area contributed by atoms with Crippen LogP contribution in [0.4, 0.5) is 13.2 Å². The minimum atomic E-state index is -4.33. The van der Waals surface area contributed by atoms with Crippen LogP contribution in [-0.4, -0.2) is 29.6 Å². The van der Waals surface area contributed by atoms with Gasteiger partial charge >= 0.3 is 6.18 Å². The maximum Gasteiger partial charge on any atom is 0.406 e. The maximum absolute atomic E-state index is 12.9. The van der Waals surface area contributed by atoms with E-state index in [1.807, 2.05) is 24.3 Å². The van der Waals surface area contributed by atoms with Crippen LogP contribution in [0.3, 0.4) is 0 Å². The molecule has 2 aliphatic rings. The number of alkyl halides is 3. The first-order valence-electron chi connectivity index (χ1n) is 7.91. The summed E-state index contributed by atoms with van der Waals surface area (Å²) < 4.78 is 38.6. The van der Waals surface area contributed by atoms with Gasteiger partial charge in [0.2, 0.25) is 5.91 Å². The molecule has 0 bridgehead atoms. The van der Waals surface area contributed by atoms with Crippen LogP contribution in [0.15, 0.2) is 24.3 Å². The molecule has 0 aliphatic heterocycles. The van der Waals surface area contributed by atoms with Gasteiger partial charge in [-0.05, 0) is 49.7 Å². The molecule has 0 unspecified atom stereocenters. The summed E-state index contributed by atoms with van der Waals surface area (Å²) in [6, 6.07) is 7.42. The third kappa shape index (κ3) is 3.13. The van der Waals surface area contributed by atoms with Crippen molar-refractivity contribution in [3.63, 3.8) is 0 Å². The van der Waals surface area contributed by atoms with Crippen LogP contribution in [0.25, 0.3) is 0 Å². The van der Waals surface area contributed by atoms with Gasteiger partial charge in [-0.1, -0.05) is 24.3 Å². The Morgan fingerprint density at radius 3 is 2.50 bits per heavy atom. The first-order valence-corrected chi connectivity index (χ1v) is 7.91. The molecule has 0 heterocycles. The highest BCUT2D eigenvalue weighted by molar-refractivity contribution is 5.85. The number of carbonyl (C=O) groups is 1. The Bertz CT molecular complexity index is 551. The molecular weight excluding hydrogens is 291 g/mol. The summed E-state index contributed by atoms with van der Waals surface area (Å²) in [6.45, 7) is -1.12. The van der Waals surface area contributed by atoms with E-state index in [2.05, 4.69) is 0 Å². The van der Waals surface area contributed by atoms with Crippen molar-refractivity contribution >= 4 is 5.91 Å². The maximum atomic E-state index is 12.9. The smallest absolute Gasteiger partial charge is 0.330 e. The van der Waals surface area contributed by atoms with Gasteiger partial charge in [0, 0.05) is 6.04 Å². The predicted molar refractivity (Wildman–Crippen MR) is 77.5 cm³/mol. The minimum absolute atomic E-state index is 0.233. The second-order valence-corrected chi connectivity index (χ2v) is 6.31. The normalized spacial score (nSPS) is 21.9. The van der Waals surface area contributed by atoms with Crippen LogP contribution in [0, 0.1) is 0 Å². The number of hydrogen-bond acceptors (Lipinski definition) is 1. The summed E-state index contributed by atoms with van der Waals surface area (Å²) in [6.07, 6.45) is 0.372. The molecule has 5 heteroatoms. The fraction of sp³-hybridized carbons (Fsp3) is 0.588. The van der Waals surface area contributed by atoms with E-state index in [1.54, 1.807) is 0 Å². The van der Waals surface area contributed by atoms with Crippen LogP contribution in [0.2, 0.25) is 0 Å². The lowest BCUT2D eigenvalue weighted by molar-refractivity contribution is -0.170. The van der Waals surface area contributed by atoms with Gasteiger partial charge in [-0.15, -0.1) is 0 Å². The van der Waals surface area contributed by atoms with E-state index in [4.69, 9.17) is 0 Å². The van der Waals surface area contributed by atoms with Crippen LogP contribution >= 0.6 is 0 Å². The highest BCUT2D eigenvalue weighted by Crippen LogP contribution is 2.36. The van der Waals surface area contributed by atoms with Crippen molar-refractivity contribution in [3.8, 4) is 0 Å². The van der Waals surface area contributed by atoms with Gasteiger partial charge in [0.15, 0.2) is 0 Å². The van der Waals surface area contributed by atoms with E-state index < -0.39 is 18.6 Å². The number of fused-ring (bicyclic) bond motifs is 1. The Hall–Kier alpha value is -1.52. The second kappa shape index (κ2) is 5.94. The van der Waals surface area contributed by atoms with Crippen molar-refractivity contribution in [2.75, 3.05) is 6.54 Å². The van der Waals surface area contributed by atoms with Crippen molar-refractivity contribution in [2.24, 2.45) is 0 Å². The van der Waals surface area contributed by atoms with E-state index in [1.165, 1.54) is 0 Å². The van der Waals surface area contributed by atoms with E-state index in [9.17, 15) is 18.0 Å². The Kier molecular flexibility index (Phi) is 4.15. The van der Waals surface area contributed by atoms with Gasteiger partial charge in [0.05, 0.1) is 5.92 Å². The van der Waals surface area contributed by atoms with E-state index in [0.717, 1.165) is 35.3 Å². The van der Waals surface area contributed by atoms with Gasteiger partial charge in [-0.3, -0.25) is 4.79 Å². The number of aryl methyl sites for hydroxylation is 1. The summed E-state index contributed by atoms with van der Waals surface area (Å²) in [5, 5.41) is 0. The molecule has 120 valence electrons. The summed E-state index contributed by atoms with van der Waals surface area (Å²) in [4.78, 5) is 13.9. The number of halogens is 3. The molecule has 2 nitrogen and oxygen atoms in total.